The van der Waals surface area contributed by atoms with Crippen LogP contribution in [-0.4, -0.2) is 16.0 Å². The molecule has 0 aliphatic heterocycles. The summed E-state index contributed by atoms with van der Waals surface area (Å²) in [5.41, 5.74) is 0. The number of unbranched alkanes of at least 4 members (excludes halogenated alkanes) is 1. The second-order valence-corrected chi connectivity index (χ2v) is 4.00. The highest BCUT2D eigenvalue weighted by Gasteiger charge is 2.08. The first kappa shape index (κ1) is 12.9. The first-order chi connectivity index (χ1) is 7.76. The summed E-state index contributed by atoms with van der Waals surface area (Å²) in [5.74, 6) is 0.127. The summed E-state index contributed by atoms with van der Waals surface area (Å²) >= 11 is 0. The van der Waals surface area contributed by atoms with E-state index in [4.69, 9.17) is 0 Å². The van der Waals surface area contributed by atoms with Gasteiger partial charge in [0.05, 0.1) is 12.4 Å². The zero-order valence-corrected chi connectivity index (χ0v) is 10.0. The zero-order chi connectivity index (χ0) is 11.8. The van der Waals surface area contributed by atoms with E-state index >= 15 is 0 Å². The van der Waals surface area contributed by atoms with Crippen LogP contribution in [0.25, 0.3) is 0 Å². The van der Waals surface area contributed by atoms with Crippen LogP contribution in [0.5, 0.6) is 0 Å². The normalized spacial score (nSPS) is 12.4. The molecule has 1 unspecified atom stereocenters. The van der Waals surface area contributed by atoms with E-state index in [2.05, 4.69) is 29.1 Å². The SMILES string of the molecule is CCCCC(CCC)Nc1ncc(F)cn1. The van der Waals surface area contributed by atoms with Crippen molar-refractivity contribution in [2.75, 3.05) is 5.32 Å². The Morgan fingerprint density at radius 3 is 2.44 bits per heavy atom. The van der Waals surface area contributed by atoms with E-state index in [1.807, 2.05) is 0 Å². The van der Waals surface area contributed by atoms with Crippen molar-refractivity contribution < 1.29 is 4.39 Å². The maximum Gasteiger partial charge on any atom is 0.222 e. The summed E-state index contributed by atoms with van der Waals surface area (Å²) < 4.78 is 12.6. The molecule has 1 heterocycles. The van der Waals surface area contributed by atoms with Gasteiger partial charge in [-0.2, -0.15) is 0 Å². The molecule has 0 saturated carbocycles. The Balaban J connectivity index is 2.49. The predicted molar refractivity (Wildman–Crippen MR) is 63.8 cm³/mol. The summed E-state index contributed by atoms with van der Waals surface area (Å²) in [6.07, 6.45) is 8.11. The molecule has 0 aliphatic carbocycles. The molecule has 0 radical (unpaired) electrons. The minimum absolute atomic E-state index is 0.397. The first-order valence-electron chi connectivity index (χ1n) is 6.00. The Bertz CT molecular complexity index is 287. The van der Waals surface area contributed by atoms with Gasteiger partial charge in [-0.3, -0.25) is 0 Å². The number of rotatable bonds is 7. The van der Waals surface area contributed by atoms with Gasteiger partial charge in [0.1, 0.15) is 0 Å². The maximum atomic E-state index is 12.6. The van der Waals surface area contributed by atoms with Gasteiger partial charge in [0, 0.05) is 6.04 Å². The van der Waals surface area contributed by atoms with Crippen LogP contribution in [-0.2, 0) is 0 Å². The third-order valence-corrected chi connectivity index (χ3v) is 2.50. The molecule has 0 spiro atoms. The molecular weight excluding hydrogens is 205 g/mol. The molecule has 1 aromatic heterocycles. The molecule has 90 valence electrons. The smallest absolute Gasteiger partial charge is 0.222 e. The molecule has 0 bridgehead atoms. The molecule has 1 aromatic rings. The van der Waals surface area contributed by atoms with Gasteiger partial charge in [0.15, 0.2) is 5.82 Å². The Morgan fingerprint density at radius 2 is 1.88 bits per heavy atom. The number of hydrogen-bond acceptors (Lipinski definition) is 3. The molecule has 3 nitrogen and oxygen atoms in total. The monoisotopic (exact) mass is 225 g/mol. The molecule has 0 aromatic carbocycles. The zero-order valence-electron chi connectivity index (χ0n) is 10.0. The lowest BCUT2D eigenvalue weighted by Crippen LogP contribution is -2.20. The van der Waals surface area contributed by atoms with Crippen LogP contribution in [0, 0.1) is 5.82 Å². The topological polar surface area (TPSA) is 37.8 Å². The maximum absolute atomic E-state index is 12.6. The minimum atomic E-state index is -0.397. The number of nitrogens with zero attached hydrogens (tertiary/aromatic N) is 2. The molecule has 4 heteroatoms. The van der Waals surface area contributed by atoms with Crippen LogP contribution in [0.1, 0.15) is 46.0 Å². The number of anilines is 1. The van der Waals surface area contributed by atoms with Crippen molar-refractivity contribution in [2.24, 2.45) is 0 Å². The lowest BCUT2D eigenvalue weighted by atomic mass is 10.1. The van der Waals surface area contributed by atoms with Crippen molar-refractivity contribution in [1.82, 2.24) is 9.97 Å². The van der Waals surface area contributed by atoms with Crippen LogP contribution in [0.4, 0.5) is 10.3 Å². The van der Waals surface area contributed by atoms with Crippen molar-refractivity contribution in [3.05, 3.63) is 18.2 Å². The molecule has 0 fully saturated rings. The first-order valence-corrected chi connectivity index (χ1v) is 6.00. The Labute approximate surface area is 96.5 Å². The average Bonchev–Trinajstić information content (AvgIpc) is 2.29. The lowest BCUT2D eigenvalue weighted by Gasteiger charge is -2.17. The van der Waals surface area contributed by atoms with Crippen LogP contribution >= 0.6 is 0 Å². The van der Waals surface area contributed by atoms with Crippen LogP contribution in [0.3, 0.4) is 0 Å². The Hall–Kier alpha value is -1.19. The van der Waals surface area contributed by atoms with Crippen LogP contribution in [0.2, 0.25) is 0 Å². The van der Waals surface area contributed by atoms with Crippen molar-refractivity contribution in [3.63, 3.8) is 0 Å². The van der Waals surface area contributed by atoms with Gasteiger partial charge < -0.3 is 5.32 Å². The Kier molecular flexibility index (Phi) is 5.75. The molecule has 0 amide bonds. The van der Waals surface area contributed by atoms with Crippen molar-refractivity contribution in [1.29, 1.82) is 0 Å². The van der Waals surface area contributed by atoms with Crippen molar-refractivity contribution in [3.8, 4) is 0 Å². The van der Waals surface area contributed by atoms with Gasteiger partial charge in [0.2, 0.25) is 5.95 Å². The minimum Gasteiger partial charge on any atom is -0.351 e. The molecule has 16 heavy (non-hydrogen) atoms. The van der Waals surface area contributed by atoms with E-state index < -0.39 is 5.82 Å². The van der Waals surface area contributed by atoms with Gasteiger partial charge in [-0.1, -0.05) is 33.1 Å². The Morgan fingerprint density at radius 1 is 1.19 bits per heavy atom. The van der Waals surface area contributed by atoms with E-state index in [9.17, 15) is 4.39 Å². The quantitative estimate of drug-likeness (QED) is 0.773. The fraction of sp³-hybridized carbons (Fsp3) is 0.667. The molecule has 1 atom stereocenters. The van der Waals surface area contributed by atoms with Gasteiger partial charge >= 0.3 is 0 Å². The molecule has 1 N–H and O–H groups in total. The third-order valence-electron chi connectivity index (χ3n) is 2.50. The lowest BCUT2D eigenvalue weighted by molar-refractivity contribution is 0.559. The summed E-state index contributed by atoms with van der Waals surface area (Å²) in [7, 11) is 0. The molecule has 1 rings (SSSR count). The third kappa shape index (κ3) is 4.55. The van der Waals surface area contributed by atoms with Gasteiger partial charge in [-0.15, -0.1) is 0 Å². The standard InChI is InChI=1S/C12H20FN3/c1-3-5-7-11(6-4-2)16-12-14-8-10(13)9-15-12/h8-9,11H,3-7H2,1-2H3,(H,14,15,16). The fourth-order valence-corrected chi connectivity index (χ4v) is 1.66. The van der Waals surface area contributed by atoms with E-state index in [0.717, 1.165) is 19.3 Å². The highest BCUT2D eigenvalue weighted by Crippen LogP contribution is 2.11. The van der Waals surface area contributed by atoms with E-state index in [1.54, 1.807) is 0 Å². The second-order valence-electron chi connectivity index (χ2n) is 4.00. The number of hydrogen-bond donors (Lipinski definition) is 1. The van der Waals surface area contributed by atoms with Crippen molar-refractivity contribution in [2.45, 2.75) is 52.0 Å². The second kappa shape index (κ2) is 7.14. The average molecular weight is 225 g/mol. The summed E-state index contributed by atoms with van der Waals surface area (Å²) in [5, 5.41) is 3.25. The molecule has 0 saturated heterocycles. The van der Waals surface area contributed by atoms with E-state index in [-0.39, 0.29) is 0 Å². The van der Waals surface area contributed by atoms with Crippen molar-refractivity contribution >= 4 is 5.95 Å². The van der Waals surface area contributed by atoms with E-state index in [1.165, 1.54) is 25.2 Å². The predicted octanol–water partition coefficient (Wildman–Crippen LogP) is 3.39. The van der Waals surface area contributed by atoms with E-state index in [0.29, 0.717) is 12.0 Å². The fourth-order valence-electron chi connectivity index (χ4n) is 1.66. The number of aromatic nitrogens is 2. The largest absolute Gasteiger partial charge is 0.351 e. The van der Waals surface area contributed by atoms with Gasteiger partial charge in [0.25, 0.3) is 0 Å². The number of halogens is 1. The van der Waals surface area contributed by atoms with Crippen LogP contribution < -0.4 is 5.32 Å². The highest BCUT2D eigenvalue weighted by atomic mass is 19.1. The number of nitrogens with one attached hydrogen (secondary N) is 1. The van der Waals surface area contributed by atoms with Gasteiger partial charge in [-0.05, 0) is 12.8 Å². The summed E-state index contributed by atoms with van der Waals surface area (Å²) in [6.45, 7) is 4.34. The molecular formula is C12H20FN3. The summed E-state index contributed by atoms with van der Waals surface area (Å²) in [6, 6.07) is 0.399. The van der Waals surface area contributed by atoms with Gasteiger partial charge in [-0.25, -0.2) is 14.4 Å². The molecule has 0 aliphatic rings. The highest BCUT2D eigenvalue weighted by molar-refractivity contribution is 5.24. The van der Waals surface area contributed by atoms with Crippen LogP contribution in [0.15, 0.2) is 12.4 Å². The summed E-state index contributed by atoms with van der Waals surface area (Å²) in [4.78, 5) is 7.82.